The van der Waals surface area contributed by atoms with Crippen molar-refractivity contribution in [2.24, 2.45) is 0 Å². The second-order valence-electron chi connectivity index (χ2n) is 4.92. The van der Waals surface area contributed by atoms with E-state index in [1.165, 1.54) is 5.38 Å². The third-order valence-electron chi connectivity index (χ3n) is 3.15. The van der Waals surface area contributed by atoms with Gasteiger partial charge in [0.1, 0.15) is 5.75 Å². The lowest BCUT2D eigenvalue weighted by molar-refractivity contribution is 0.0728. The number of thiol groups is 1. The first-order valence-corrected chi connectivity index (χ1v) is 8.79. The number of hydrogen-bond donors (Lipinski definition) is 2. The van der Waals surface area contributed by atoms with Gasteiger partial charge in [-0.05, 0) is 60.1 Å². The zero-order valence-corrected chi connectivity index (χ0v) is 15.5. The van der Waals surface area contributed by atoms with Crippen molar-refractivity contribution in [1.29, 1.82) is 0 Å². The lowest BCUT2D eigenvalue weighted by atomic mass is 10.3. The molecule has 0 saturated carbocycles. The van der Waals surface area contributed by atoms with Gasteiger partial charge >= 0.3 is 12.0 Å². The highest BCUT2D eigenvalue weighted by Gasteiger charge is 2.14. The minimum absolute atomic E-state index is 0.136. The van der Waals surface area contributed by atoms with E-state index < -0.39 is 12.0 Å². The molecular weight excluding hydrogens is 396 g/mol. The van der Waals surface area contributed by atoms with Gasteiger partial charge in [-0.25, -0.2) is 13.9 Å². The minimum atomic E-state index is -0.602. The molecule has 0 aliphatic carbocycles. The molecule has 0 spiro atoms. The van der Waals surface area contributed by atoms with E-state index in [0.29, 0.717) is 22.1 Å². The number of esters is 1. The highest BCUT2D eigenvalue weighted by atomic mass is 35.5. The number of carbonyl (C=O) groups excluding carboxylic acids is 2. The van der Waals surface area contributed by atoms with E-state index in [0.717, 1.165) is 15.8 Å². The predicted molar refractivity (Wildman–Crippen MR) is 103 cm³/mol. The summed E-state index contributed by atoms with van der Waals surface area (Å²) in [5.41, 5.74) is 1.22. The van der Waals surface area contributed by atoms with Gasteiger partial charge in [-0.15, -0.1) is 5.10 Å². The molecule has 0 saturated heterocycles. The molecule has 2 amide bonds. The van der Waals surface area contributed by atoms with Crippen LogP contribution in [0.1, 0.15) is 10.5 Å². The molecule has 1 aromatic heterocycles. The van der Waals surface area contributed by atoms with Gasteiger partial charge in [-0.1, -0.05) is 28.9 Å². The molecule has 0 unspecified atom stereocenters. The van der Waals surface area contributed by atoms with Gasteiger partial charge in [0.15, 0.2) is 5.69 Å². The van der Waals surface area contributed by atoms with Crippen LogP contribution in [0.4, 0.5) is 16.2 Å². The summed E-state index contributed by atoms with van der Waals surface area (Å²) < 4.78 is 9.90. The van der Waals surface area contributed by atoms with Crippen molar-refractivity contribution >= 4 is 59.3 Å². The first kappa shape index (κ1) is 18.2. The molecule has 3 rings (SSSR count). The average molecular weight is 407 g/mol. The Kier molecular flexibility index (Phi) is 5.71. The number of ether oxygens (including phenoxy) is 1. The summed E-state index contributed by atoms with van der Waals surface area (Å²) in [6.45, 7) is 0. The zero-order chi connectivity index (χ0) is 18.5. The first-order chi connectivity index (χ1) is 12.5. The monoisotopic (exact) mass is 406 g/mol. The molecule has 0 radical (unpaired) electrons. The third-order valence-corrected chi connectivity index (χ3v) is 4.32. The highest BCUT2D eigenvalue weighted by Crippen LogP contribution is 2.23. The average Bonchev–Trinajstić information content (AvgIpc) is 3.18. The van der Waals surface area contributed by atoms with Crippen LogP contribution in [-0.2, 0) is 0 Å². The summed E-state index contributed by atoms with van der Waals surface area (Å²) in [4.78, 5) is 24.0. The number of anilines is 2. The minimum Gasteiger partial charge on any atom is -0.422 e. The summed E-state index contributed by atoms with van der Waals surface area (Å²) in [5, 5.41) is 8.39. The summed E-state index contributed by atoms with van der Waals surface area (Å²) in [7, 11) is 0. The Labute approximate surface area is 163 Å². The molecular formula is C16H11ClN4O3S2. The number of nitrogens with zero attached hydrogens (tertiary/aromatic N) is 3. The molecule has 2 aromatic carbocycles. The van der Waals surface area contributed by atoms with E-state index in [4.69, 9.17) is 16.3 Å². The van der Waals surface area contributed by atoms with Crippen molar-refractivity contribution in [2.45, 2.75) is 0 Å². The van der Waals surface area contributed by atoms with Crippen LogP contribution in [0.15, 0.2) is 53.9 Å². The maximum absolute atomic E-state index is 12.2. The Morgan fingerprint density at radius 1 is 1.12 bits per heavy atom. The van der Waals surface area contributed by atoms with Crippen molar-refractivity contribution in [3.63, 3.8) is 0 Å². The SMILES string of the molecule is O=C(Oc1ccc(N(S)C(=O)Nc2ccc(Cl)cc2)cc1)c1csnn1. The van der Waals surface area contributed by atoms with E-state index in [-0.39, 0.29) is 5.69 Å². The predicted octanol–water partition coefficient (Wildman–Crippen LogP) is 4.29. The third kappa shape index (κ3) is 4.51. The van der Waals surface area contributed by atoms with E-state index >= 15 is 0 Å². The van der Waals surface area contributed by atoms with Crippen LogP contribution in [0.25, 0.3) is 0 Å². The van der Waals surface area contributed by atoms with Crippen molar-refractivity contribution in [2.75, 3.05) is 9.62 Å². The van der Waals surface area contributed by atoms with E-state index in [9.17, 15) is 9.59 Å². The Bertz CT molecular complexity index is 902. The number of carbonyl (C=O) groups is 2. The van der Waals surface area contributed by atoms with Crippen molar-refractivity contribution in [1.82, 2.24) is 9.59 Å². The van der Waals surface area contributed by atoms with E-state index in [1.54, 1.807) is 48.5 Å². The molecule has 0 atom stereocenters. The lowest BCUT2D eigenvalue weighted by Crippen LogP contribution is -2.26. The number of nitrogens with one attached hydrogen (secondary N) is 1. The summed E-state index contributed by atoms with van der Waals surface area (Å²) in [6, 6.07) is 12.5. The van der Waals surface area contributed by atoms with Crippen molar-refractivity contribution < 1.29 is 14.3 Å². The van der Waals surface area contributed by atoms with Gasteiger partial charge in [-0.3, -0.25) is 0 Å². The van der Waals surface area contributed by atoms with Crippen LogP contribution in [0.3, 0.4) is 0 Å². The molecule has 1 heterocycles. The molecule has 0 fully saturated rings. The van der Waals surface area contributed by atoms with Crippen molar-refractivity contribution in [3.05, 3.63) is 64.6 Å². The fourth-order valence-corrected chi connectivity index (χ4v) is 2.63. The van der Waals surface area contributed by atoms with Crippen LogP contribution in [-0.4, -0.2) is 21.6 Å². The van der Waals surface area contributed by atoms with E-state index in [1.807, 2.05) is 0 Å². The number of rotatable bonds is 4. The molecule has 7 nitrogen and oxygen atoms in total. The zero-order valence-electron chi connectivity index (χ0n) is 13.0. The van der Waals surface area contributed by atoms with Crippen LogP contribution in [0, 0.1) is 0 Å². The molecule has 0 aliphatic heterocycles. The van der Waals surface area contributed by atoms with Gasteiger partial charge < -0.3 is 10.1 Å². The maximum Gasteiger partial charge on any atom is 0.365 e. The van der Waals surface area contributed by atoms with Gasteiger partial charge in [0.25, 0.3) is 0 Å². The Balaban J connectivity index is 1.62. The lowest BCUT2D eigenvalue weighted by Gasteiger charge is -2.17. The molecule has 132 valence electrons. The molecule has 10 heteroatoms. The number of amides is 2. The Morgan fingerprint density at radius 2 is 1.81 bits per heavy atom. The fourth-order valence-electron chi connectivity index (χ4n) is 1.90. The largest absolute Gasteiger partial charge is 0.422 e. The molecule has 26 heavy (non-hydrogen) atoms. The number of hydrogen-bond acceptors (Lipinski definition) is 7. The molecule has 3 aromatic rings. The quantitative estimate of drug-likeness (QED) is 0.383. The number of aromatic nitrogens is 2. The molecule has 0 aliphatic rings. The summed E-state index contributed by atoms with van der Waals surface area (Å²) in [6.07, 6.45) is 0. The van der Waals surface area contributed by atoms with Crippen LogP contribution in [0.2, 0.25) is 5.02 Å². The first-order valence-electron chi connectivity index (χ1n) is 7.18. The number of halogens is 1. The summed E-state index contributed by atoms with van der Waals surface area (Å²) in [5.74, 6) is -0.290. The Morgan fingerprint density at radius 3 is 2.42 bits per heavy atom. The molecule has 0 bridgehead atoms. The van der Waals surface area contributed by atoms with Crippen LogP contribution < -0.4 is 14.4 Å². The number of benzene rings is 2. The second-order valence-corrected chi connectivity index (χ2v) is 6.37. The van der Waals surface area contributed by atoms with Crippen molar-refractivity contribution in [3.8, 4) is 5.75 Å². The Hall–Kier alpha value is -2.62. The molecule has 1 N–H and O–H groups in total. The van der Waals surface area contributed by atoms with Gasteiger partial charge in [-0.2, -0.15) is 0 Å². The van der Waals surface area contributed by atoms with Gasteiger partial charge in [0.2, 0.25) is 0 Å². The maximum atomic E-state index is 12.2. The highest BCUT2D eigenvalue weighted by molar-refractivity contribution is 7.82. The van der Waals surface area contributed by atoms with Crippen LogP contribution in [0.5, 0.6) is 5.75 Å². The topological polar surface area (TPSA) is 84.4 Å². The van der Waals surface area contributed by atoms with E-state index in [2.05, 4.69) is 27.7 Å². The van der Waals surface area contributed by atoms with Crippen LogP contribution >= 0.6 is 35.9 Å². The normalized spacial score (nSPS) is 10.2. The second kappa shape index (κ2) is 8.17. The number of urea groups is 1. The van der Waals surface area contributed by atoms with Gasteiger partial charge in [0.05, 0.1) is 5.69 Å². The summed E-state index contributed by atoms with van der Waals surface area (Å²) >= 11 is 11.1. The fraction of sp³-hybridized carbons (Fsp3) is 0. The van der Waals surface area contributed by atoms with Gasteiger partial charge in [0, 0.05) is 16.1 Å². The smallest absolute Gasteiger partial charge is 0.365 e. The standard InChI is InChI=1S/C16H11ClN4O3S2/c17-10-1-3-11(4-2-10)18-16(23)21(25)12-5-7-13(8-6-12)24-15(22)14-9-26-20-19-14/h1-9,25H,(H,18,23).